The van der Waals surface area contributed by atoms with Gasteiger partial charge in [-0.05, 0) is 76.9 Å². The smallest absolute Gasteiger partial charge is 0.159 e. The van der Waals surface area contributed by atoms with Crippen molar-refractivity contribution in [1.82, 2.24) is 34.9 Å². The molecule has 62 heavy (non-hydrogen) atoms. The summed E-state index contributed by atoms with van der Waals surface area (Å²) in [6.45, 7) is 4.58. The summed E-state index contributed by atoms with van der Waals surface area (Å²) in [5.41, 5.74) is 15.6. The van der Waals surface area contributed by atoms with Gasteiger partial charge in [-0.3, -0.25) is 15.0 Å². The highest BCUT2D eigenvalue weighted by Gasteiger charge is 2.39. The Morgan fingerprint density at radius 1 is 0.452 bits per heavy atom. The molecule has 0 spiro atoms. The lowest BCUT2D eigenvalue weighted by Gasteiger charge is -2.22. The number of furan rings is 1. The Hall–Kier alpha value is -8.23. The maximum Gasteiger partial charge on any atom is 0.159 e. The van der Waals surface area contributed by atoms with Crippen LogP contribution in [0.2, 0.25) is 0 Å². The molecule has 8 nitrogen and oxygen atoms in total. The van der Waals surface area contributed by atoms with Crippen LogP contribution in [-0.4, -0.2) is 34.9 Å². The molecule has 0 atom stereocenters. The molecule has 8 heteroatoms. The second-order valence-corrected chi connectivity index (χ2v) is 16.5. The standard InChI is InChI=1S/C54H33N7O/c1-54(2)39-27-34(53-57-26-23-44(61-53)43-22-17-33-14-12-31-8-6-25-56-49(31)51(33)60-43)15-19-36(39)47-40(54)28-38(46-37-9-3-4-10-45(37)62-52(46)47)35-18-20-41(58-29-35)42-21-16-32-13-11-30-7-5-24-55-48(30)50(32)59-42/h3-29H,1-2H3. The van der Waals surface area contributed by atoms with Crippen LogP contribution in [0.15, 0.2) is 169 Å². The average molecular weight is 796 g/mol. The molecule has 0 bridgehead atoms. The lowest BCUT2D eigenvalue weighted by Crippen LogP contribution is -2.15. The second kappa shape index (κ2) is 12.9. The summed E-state index contributed by atoms with van der Waals surface area (Å²) < 4.78 is 6.84. The van der Waals surface area contributed by atoms with E-state index < -0.39 is 0 Å². The monoisotopic (exact) mass is 795 g/mol. The Morgan fingerprint density at radius 3 is 1.79 bits per heavy atom. The fourth-order valence-corrected chi connectivity index (χ4v) is 9.53. The lowest BCUT2D eigenvalue weighted by molar-refractivity contribution is 0.653. The summed E-state index contributed by atoms with van der Waals surface area (Å²) in [4.78, 5) is 34.3. The molecule has 0 N–H and O–H groups in total. The maximum atomic E-state index is 6.84. The zero-order chi connectivity index (χ0) is 41.1. The van der Waals surface area contributed by atoms with E-state index in [2.05, 4.69) is 127 Å². The molecular formula is C54H33N7O. The molecule has 13 rings (SSSR count). The number of pyridine rings is 5. The predicted octanol–water partition coefficient (Wildman–Crippen LogP) is 12.9. The van der Waals surface area contributed by atoms with E-state index in [0.717, 1.165) is 116 Å². The normalized spacial score (nSPS) is 13.1. The van der Waals surface area contributed by atoms with E-state index in [1.807, 2.05) is 61.2 Å². The van der Waals surface area contributed by atoms with E-state index >= 15 is 0 Å². The Bertz CT molecular complexity index is 3850. The van der Waals surface area contributed by atoms with Gasteiger partial charge in [0.05, 0.1) is 44.8 Å². The van der Waals surface area contributed by atoms with Crippen molar-refractivity contribution in [3.63, 3.8) is 0 Å². The van der Waals surface area contributed by atoms with E-state index in [9.17, 15) is 0 Å². The fraction of sp³-hybridized carbons (Fsp3) is 0.0556. The van der Waals surface area contributed by atoms with E-state index in [1.54, 1.807) is 0 Å². The lowest BCUT2D eigenvalue weighted by atomic mass is 9.80. The second-order valence-electron chi connectivity index (χ2n) is 16.5. The fourth-order valence-electron chi connectivity index (χ4n) is 9.53. The first-order chi connectivity index (χ1) is 30.5. The highest BCUT2D eigenvalue weighted by molar-refractivity contribution is 6.18. The van der Waals surface area contributed by atoms with Gasteiger partial charge in [0.1, 0.15) is 11.2 Å². The molecule has 7 heterocycles. The highest BCUT2D eigenvalue weighted by atomic mass is 16.3. The van der Waals surface area contributed by atoms with Gasteiger partial charge in [0.25, 0.3) is 0 Å². The van der Waals surface area contributed by atoms with Crippen molar-refractivity contribution < 1.29 is 4.42 Å². The minimum absolute atomic E-state index is 0.368. The van der Waals surface area contributed by atoms with Gasteiger partial charge in [-0.25, -0.2) is 19.9 Å². The van der Waals surface area contributed by atoms with Crippen LogP contribution in [-0.2, 0) is 5.41 Å². The molecule has 7 aromatic heterocycles. The van der Waals surface area contributed by atoms with Crippen LogP contribution in [0.1, 0.15) is 25.0 Å². The zero-order valence-corrected chi connectivity index (χ0v) is 33.6. The Balaban J connectivity index is 0.913. The Kier molecular flexibility index (Phi) is 7.19. The first-order valence-electron chi connectivity index (χ1n) is 20.7. The van der Waals surface area contributed by atoms with Crippen LogP contribution in [0.3, 0.4) is 0 Å². The van der Waals surface area contributed by atoms with Gasteiger partial charge in [0.2, 0.25) is 0 Å². The number of benzene rings is 5. The van der Waals surface area contributed by atoms with Gasteiger partial charge in [0.15, 0.2) is 5.82 Å². The van der Waals surface area contributed by atoms with Gasteiger partial charge in [-0.1, -0.05) is 98.8 Å². The van der Waals surface area contributed by atoms with Crippen molar-refractivity contribution in [2.24, 2.45) is 0 Å². The number of aromatic nitrogens is 7. The molecule has 0 radical (unpaired) electrons. The summed E-state index contributed by atoms with van der Waals surface area (Å²) in [6, 6.07) is 48.0. The Labute approximate surface area is 354 Å². The summed E-state index contributed by atoms with van der Waals surface area (Å²) in [5, 5.41) is 6.34. The van der Waals surface area contributed by atoms with E-state index in [-0.39, 0.29) is 5.41 Å². The number of nitrogens with zero attached hydrogens (tertiary/aromatic N) is 7. The molecule has 12 aromatic rings. The third kappa shape index (κ3) is 5.10. The SMILES string of the molecule is CC1(C)c2cc(-c3nccc(-c4ccc5ccc6cccnc6c5n4)n3)ccc2-c2c1cc(-c1ccc(-c3ccc4ccc5cccnc5c4n3)nc1)c1c2oc2ccccc21. The predicted molar refractivity (Wildman–Crippen MR) is 248 cm³/mol. The summed E-state index contributed by atoms with van der Waals surface area (Å²) >= 11 is 0. The van der Waals surface area contributed by atoms with E-state index in [0.29, 0.717) is 5.82 Å². The van der Waals surface area contributed by atoms with E-state index in [4.69, 9.17) is 29.3 Å². The zero-order valence-electron chi connectivity index (χ0n) is 33.6. The average Bonchev–Trinajstić information content (AvgIpc) is 3.83. The topological polar surface area (TPSA) is 103 Å². The van der Waals surface area contributed by atoms with Crippen LogP contribution in [0.4, 0.5) is 0 Å². The molecule has 0 unspecified atom stereocenters. The molecule has 0 saturated carbocycles. The molecule has 0 aliphatic heterocycles. The molecule has 1 aliphatic rings. The largest absolute Gasteiger partial charge is 0.455 e. The van der Waals surface area contributed by atoms with E-state index in [1.165, 1.54) is 11.1 Å². The van der Waals surface area contributed by atoms with Crippen molar-refractivity contribution in [3.8, 4) is 56.4 Å². The first kappa shape index (κ1) is 34.6. The van der Waals surface area contributed by atoms with Gasteiger partial charge in [-0.15, -0.1) is 0 Å². The van der Waals surface area contributed by atoms with Gasteiger partial charge >= 0.3 is 0 Å². The summed E-state index contributed by atoms with van der Waals surface area (Å²) in [7, 11) is 0. The molecule has 1 aliphatic carbocycles. The van der Waals surface area contributed by atoms with Crippen molar-refractivity contribution in [2.45, 2.75) is 19.3 Å². The third-order valence-electron chi connectivity index (χ3n) is 12.7. The van der Waals surface area contributed by atoms with Crippen molar-refractivity contribution in [1.29, 1.82) is 0 Å². The number of hydrogen-bond acceptors (Lipinski definition) is 8. The third-order valence-corrected chi connectivity index (χ3v) is 12.7. The highest BCUT2D eigenvalue weighted by Crippen LogP contribution is 2.55. The minimum atomic E-state index is -0.368. The Morgan fingerprint density at radius 2 is 1.08 bits per heavy atom. The number of fused-ring (bicyclic) bond motifs is 13. The van der Waals surface area contributed by atoms with Crippen LogP contribution in [0.5, 0.6) is 0 Å². The molecule has 0 amide bonds. The molecule has 5 aromatic carbocycles. The van der Waals surface area contributed by atoms with Crippen LogP contribution < -0.4 is 0 Å². The molecule has 0 saturated heterocycles. The number of hydrogen-bond donors (Lipinski definition) is 0. The van der Waals surface area contributed by atoms with Crippen molar-refractivity contribution in [2.75, 3.05) is 0 Å². The van der Waals surface area contributed by atoms with Gasteiger partial charge in [0, 0.05) is 79.2 Å². The van der Waals surface area contributed by atoms with Crippen LogP contribution in [0.25, 0.3) is 122 Å². The number of rotatable bonds is 4. The molecule has 0 fully saturated rings. The summed E-state index contributed by atoms with van der Waals surface area (Å²) in [5.74, 6) is 0.640. The minimum Gasteiger partial charge on any atom is -0.455 e. The van der Waals surface area contributed by atoms with Crippen molar-refractivity contribution >= 4 is 65.6 Å². The molecular weight excluding hydrogens is 763 g/mol. The quantitative estimate of drug-likeness (QED) is 0.162. The summed E-state index contributed by atoms with van der Waals surface area (Å²) in [6.07, 6.45) is 7.41. The first-order valence-corrected chi connectivity index (χ1v) is 20.7. The van der Waals surface area contributed by atoms with Gasteiger partial charge in [-0.2, -0.15) is 0 Å². The van der Waals surface area contributed by atoms with Gasteiger partial charge < -0.3 is 4.42 Å². The maximum absolute atomic E-state index is 6.84. The van der Waals surface area contributed by atoms with Crippen LogP contribution >= 0.6 is 0 Å². The number of para-hydroxylation sites is 1. The van der Waals surface area contributed by atoms with Crippen LogP contribution in [0, 0.1) is 0 Å². The molecule has 290 valence electrons. The van der Waals surface area contributed by atoms with Crippen molar-refractivity contribution in [3.05, 3.63) is 175 Å².